The minimum atomic E-state index is 0.299. The monoisotopic (exact) mass is 301 g/mol. The molecule has 1 N–H and O–H groups in total. The number of aryl methyl sites for hydroxylation is 3. The van der Waals surface area contributed by atoms with Gasteiger partial charge in [0.05, 0.1) is 25.0 Å². The highest BCUT2D eigenvalue weighted by Crippen LogP contribution is 2.35. The van der Waals surface area contributed by atoms with Gasteiger partial charge in [0.1, 0.15) is 5.75 Å². The molecule has 2 heterocycles. The van der Waals surface area contributed by atoms with Crippen LogP contribution < -0.4 is 14.8 Å². The van der Waals surface area contributed by atoms with Gasteiger partial charge in [0.25, 0.3) is 0 Å². The number of para-hydroxylation sites is 1. The molecule has 0 spiro atoms. The van der Waals surface area contributed by atoms with Gasteiger partial charge in [-0.1, -0.05) is 18.2 Å². The van der Waals surface area contributed by atoms with Gasteiger partial charge in [-0.25, -0.2) is 4.68 Å². The molecular weight excluding hydrogens is 278 g/mol. The molecule has 0 aliphatic carbocycles. The Kier molecular flexibility index (Phi) is 4.07. The van der Waals surface area contributed by atoms with Gasteiger partial charge in [0.15, 0.2) is 0 Å². The molecule has 0 saturated heterocycles. The highest BCUT2D eigenvalue weighted by Gasteiger charge is 2.23. The average molecular weight is 301 g/mol. The molecule has 1 aliphatic heterocycles. The molecule has 0 unspecified atom stereocenters. The summed E-state index contributed by atoms with van der Waals surface area (Å²) in [7, 11) is 3.59. The van der Waals surface area contributed by atoms with Crippen molar-refractivity contribution in [2.45, 2.75) is 32.9 Å². The summed E-state index contributed by atoms with van der Waals surface area (Å²) in [5.41, 5.74) is 4.56. The smallest absolute Gasteiger partial charge is 0.216 e. The molecule has 3 rings (SSSR count). The van der Waals surface area contributed by atoms with E-state index in [2.05, 4.69) is 35.5 Å². The molecule has 0 radical (unpaired) electrons. The van der Waals surface area contributed by atoms with Crippen molar-refractivity contribution in [2.75, 3.05) is 13.7 Å². The van der Waals surface area contributed by atoms with Crippen LogP contribution in [0.5, 0.6) is 11.6 Å². The second-order valence-corrected chi connectivity index (χ2v) is 5.76. The lowest BCUT2D eigenvalue weighted by Crippen LogP contribution is -2.27. The number of nitrogens with zero attached hydrogens (tertiary/aromatic N) is 2. The van der Waals surface area contributed by atoms with E-state index in [9.17, 15) is 0 Å². The molecule has 22 heavy (non-hydrogen) atoms. The summed E-state index contributed by atoms with van der Waals surface area (Å²) < 4.78 is 13.1. The number of fused-ring (bicyclic) bond motifs is 1. The SMILES string of the molecule is COc1c(CN[C@@H]2CCOc3c(C)cccc32)c(C)nn1C. The van der Waals surface area contributed by atoms with Crippen molar-refractivity contribution in [1.82, 2.24) is 15.1 Å². The molecule has 0 bridgehead atoms. The van der Waals surface area contributed by atoms with Crippen molar-refractivity contribution in [1.29, 1.82) is 0 Å². The van der Waals surface area contributed by atoms with Crippen LogP contribution >= 0.6 is 0 Å². The third-order valence-corrected chi connectivity index (χ3v) is 4.28. The van der Waals surface area contributed by atoms with Crippen molar-refractivity contribution in [2.24, 2.45) is 7.05 Å². The Hall–Kier alpha value is -2.01. The summed E-state index contributed by atoms with van der Waals surface area (Å²) in [6.07, 6.45) is 0.970. The van der Waals surface area contributed by atoms with E-state index in [1.165, 1.54) is 11.1 Å². The summed E-state index contributed by atoms with van der Waals surface area (Å²) in [6.45, 7) is 5.59. The Morgan fingerprint density at radius 3 is 3.00 bits per heavy atom. The molecule has 0 saturated carbocycles. The van der Waals surface area contributed by atoms with Crippen LogP contribution in [0.4, 0.5) is 0 Å². The third-order valence-electron chi connectivity index (χ3n) is 4.28. The lowest BCUT2D eigenvalue weighted by atomic mass is 9.98. The van der Waals surface area contributed by atoms with E-state index in [0.717, 1.165) is 42.5 Å². The topological polar surface area (TPSA) is 48.3 Å². The van der Waals surface area contributed by atoms with Gasteiger partial charge in [0, 0.05) is 31.6 Å². The van der Waals surface area contributed by atoms with Crippen LogP contribution in [0.25, 0.3) is 0 Å². The van der Waals surface area contributed by atoms with E-state index in [1.807, 2.05) is 14.0 Å². The molecule has 0 amide bonds. The number of methoxy groups -OCH3 is 1. The molecular formula is C17H23N3O2. The number of nitrogens with one attached hydrogen (secondary N) is 1. The maximum absolute atomic E-state index is 5.83. The van der Waals surface area contributed by atoms with Crippen LogP contribution in [0.3, 0.4) is 0 Å². The Labute approximate surface area is 131 Å². The van der Waals surface area contributed by atoms with Gasteiger partial charge in [-0.15, -0.1) is 0 Å². The van der Waals surface area contributed by atoms with Crippen molar-refractivity contribution in [3.05, 3.63) is 40.6 Å². The molecule has 0 fully saturated rings. The van der Waals surface area contributed by atoms with E-state index < -0.39 is 0 Å². The third kappa shape index (κ3) is 2.57. The van der Waals surface area contributed by atoms with Crippen molar-refractivity contribution >= 4 is 0 Å². The molecule has 118 valence electrons. The van der Waals surface area contributed by atoms with Crippen molar-refractivity contribution in [3.8, 4) is 11.6 Å². The fraction of sp³-hybridized carbons (Fsp3) is 0.471. The zero-order valence-electron chi connectivity index (χ0n) is 13.6. The van der Waals surface area contributed by atoms with E-state index in [1.54, 1.807) is 11.8 Å². The highest BCUT2D eigenvalue weighted by molar-refractivity contribution is 5.44. The maximum Gasteiger partial charge on any atom is 0.216 e. The fourth-order valence-corrected chi connectivity index (χ4v) is 3.16. The molecule has 5 nitrogen and oxygen atoms in total. The largest absolute Gasteiger partial charge is 0.493 e. The summed E-state index contributed by atoms with van der Waals surface area (Å²) >= 11 is 0. The lowest BCUT2D eigenvalue weighted by Gasteiger charge is -2.28. The van der Waals surface area contributed by atoms with E-state index in [4.69, 9.17) is 9.47 Å². The van der Waals surface area contributed by atoms with Crippen LogP contribution in [-0.2, 0) is 13.6 Å². The molecule has 1 atom stereocenters. The zero-order chi connectivity index (χ0) is 15.7. The minimum Gasteiger partial charge on any atom is -0.493 e. The molecule has 5 heteroatoms. The second-order valence-electron chi connectivity index (χ2n) is 5.76. The van der Waals surface area contributed by atoms with Gasteiger partial charge < -0.3 is 14.8 Å². The van der Waals surface area contributed by atoms with Crippen molar-refractivity contribution < 1.29 is 9.47 Å². The highest BCUT2D eigenvalue weighted by atomic mass is 16.5. The van der Waals surface area contributed by atoms with Crippen LogP contribution in [0.2, 0.25) is 0 Å². The number of ether oxygens (including phenoxy) is 2. The van der Waals surface area contributed by atoms with Gasteiger partial charge >= 0.3 is 0 Å². The Balaban J connectivity index is 1.80. The first kappa shape index (κ1) is 14.9. The molecule has 1 aliphatic rings. The first-order valence-electron chi connectivity index (χ1n) is 7.64. The summed E-state index contributed by atoms with van der Waals surface area (Å²) in [5.74, 6) is 1.85. The van der Waals surface area contributed by atoms with Crippen LogP contribution in [0, 0.1) is 13.8 Å². The summed E-state index contributed by atoms with van der Waals surface area (Å²) in [5, 5.41) is 8.07. The zero-order valence-corrected chi connectivity index (χ0v) is 13.6. The van der Waals surface area contributed by atoms with E-state index in [0.29, 0.717) is 6.04 Å². The average Bonchev–Trinajstić information content (AvgIpc) is 2.78. The predicted octanol–water partition coefficient (Wildman–Crippen LogP) is 2.66. The Morgan fingerprint density at radius 2 is 2.23 bits per heavy atom. The lowest BCUT2D eigenvalue weighted by molar-refractivity contribution is 0.250. The molecule has 2 aromatic rings. The van der Waals surface area contributed by atoms with Crippen LogP contribution in [0.15, 0.2) is 18.2 Å². The maximum atomic E-state index is 5.83. The number of aromatic nitrogens is 2. The van der Waals surface area contributed by atoms with Gasteiger partial charge in [-0.05, 0) is 19.4 Å². The van der Waals surface area contributed by atoms with Gasteiger partial charge in [-0.3, -0.25) is 0 Å². The normalized spacial score (nSPS) is 17.0. The van der Waals surface area contributed by atoms with Gasteiger partial charge in [0.2, 0.25) is 5.88 Å². The summed E-state index contributed by atoms with van der Waals surface area (Å²) in [4.78, 5) is 0. The Bertz CT molecular complexity index is 679. The first-order valence-corrected chi connectivity index (χ1v) is 7.64. The van der Waals surface area contributed by atoms with Crippen molar-refractivity contribution in [3.63, 3.8) is 0 Å². The number of rotatable bonds is 4. The second kappa shape index (κ2) is 6.01. The minimum absolute atomic E-state index is 0.299. The fourth-order valence-electron chi connectivity index (χ4n) is 3.16. The first-order chi connectivity index (χ1) is 10.6. The van der Waals surface area contributed by atoms with E-state index in [-0.39, 0.29) is 0 Å². The summed E-state index contributed by atoms with van der Waals surface area (Å²) in [6, 6.07) is 6.63. The molecule has 1 aromatic carbocycles. The van der Waals surface area contributed by atoms with Gasteiger partial charge in [-0.2, -0.15) is 5.10 Å². The molecule has 1 aromatic heterocycles. The number of benzene rings is 1. The van der Waals surface area contributed by atoms with Crippen LogP contribution in [-0.4, -0.2) is 23.5 Å². The Morgan fingerprint density at radius 1 is 1.41 bits per heavy atom. The number of hydrogen-bond donors (Lipinski definition) is 1. The van der Waals surface area contributed by atoms with Crippen LogP contribution in [0.1, 0.15) is 34.8 Å². The standard InChI is InChI=1S/C17H23N3O2/c1-11-6-5-7-13-15(8-9-22-16(11)13)18-10-14-12(2)19-20(3)17(14)21-4/h5-7,15,18H,8-10H2,1-4H3/t15-/m1/s1. The number of hydrogen-bond acceptors (Lipinski definition) is 4. The predicted molar refractivity (Wildman–Crippen MR) is 85.4 cm³/mol. The van der Waals surface area contributed by atoms with E-state index >= 15 is 0 Å². The quantitative estimate of drug-likeness (QED) is 0.943.